The van der Waals surface area contributed by atoms with Crippen LogP contribution in [0.15, 0.2) is 18.2 Å². The molecule has 1 aliphatic rings. The maximum Gasteiger partial charge on any atom is 0.224 e. The average molecular weight is 324 g/mol. The van der Waals surface area contributed by atoms with E-state index in [1.807, 2.05) is 0 Å². The van der Waals surface area contributed by atoms with E-state index >= 15 is 0 Å². The highest BCUT2D eigenvalue weighted by molar-refractivity contribution is 9.09. The smallest absolute Gasteiger partial charge is 0.224 e. The first-order chi connectivity index (χ1) is 9.04. The van der Waals surface area contributed by atoms with Crippen LogP contribution in [0.2, 0.25) is 0 Å². The zero-order valence-electron chi connectivity index (χ0n) is 11.8. The van der Waals surface area contributed by atoms with Gasteiger partial charge in [-0.25, -0.2) is 0 Å². The maximum atomic E-state index is 12.3. The van der Waals surface area contributed by atoms with Crippen LogP contribution in [-0.2, 0) is 11.2 Å². The van der Waals surface area contributed by atoms with Crippen LogP contribution in [0.3, 0.4) is 0 Å². The highest BCUT2D eigenvalue weighted by atomic mass is 79.9. The molecule has 1 aliphatic carbocycles. The minimum absolute atomic E-state index is 0.00515. The minimum Gasteiger partial charge on any atom is -0.350 e. The first kappa shape index (κ1) is 14.6. The summed E-state index contributed by atoms with van der Waals surface area (Å²) in [6.45, 7) is 4.13. The van der Waals surface area contributed by atoms with Crippen LogP contribution in [0, 0.1) is 13.8 Å². The van der Waals surface area contributed by atoms with Gasteiger partial charge in [0.05, 0.1) is 6.42 Å². The zero-order chi connectivity index (χ0) is 13.9. The molecule has 0 aliphatic heterocycles. The van der Waals surface area contributed by atoms with Crippen LogP contribution in [0.25, 0.3) is 0 Å². The molecule has 0 atom stereocenters. The molecule has 0 radical (unpaired) electrons. The summed E-state index contributed by atoms with van der Waals surface area (Å²) in [4.78, 5) is 12.3. The Bertz CT molecular complexity index is 464. The Balaban J connectivity index is 2.03. The third kappa shape index (κ3) is 3.59. The molecule has 1 N–H and O–H groups in total. The number of rotatable bonds is 4. The predicted octanol–water partition coefficient (Wildman–Crippen LogP) is 3.67. The van der Waals surface area contributed by atoms with E-state index in [-0.39, 0.29) is 11.4 Å². The van der Waals surface area contributed by atoms with Gasteiger partial charge in [0.25, 0.3) is 0 Å². The second-order valence-corrected chi connectivity index (χ2v) is 6.34. The molecule has 104 valence electrons. The van der Waals surface area contributed by atoms with E-state index in [4.69, 9.17) is 0 Å². The number of halogens is 1. The van der Waals surface area contributed by atoms with Gasteiger partial charge in [-0.2, -0.15) is 0 Å². The third-order valence-electron chi connectivity index (χ3n) is 4.08. The third-order valence-corrected chi connectivity index (χ3v) is 5.15. The summed E-state index contributed by atoms with van der Waals surface area (Å²) in [5.41, 5.74) is 3.54. The number of carbonyl (C=O) groups is 1. The first-order valence-electron chi connectivity index (χ1n) is 6.98. The second-order valence-electron chi connectivity index (χ2n) is 5.78. The topological polar surface area (TPSA) is 29.1 Å². The molecule has 0 bridgehead atoms. The van der Waals surface area contributed by atoms with Crippen molar-refractivity contribution >= 4 is 21.8 Å². The van der Waals surface area contributed by atoms with Crippen molar-refractivity contribution in [1.82, 2.24) is 5.32 Å². The van der Waals surface area contributed by atoms with Crippen LogP contribution in [0.5, 0.6) is 0 Å². The van der Waals surface area contributed by atoms with E-state index in [9.17, 15) is 4.79 Å². The zero-order valence-corrected chi connectivity index (χ0v) is 13.3. The summed E-state index contributed by atoms with van der Waals surface area (Å²) >= 11 is 3.56. The predicted molar refractivity (Wildman–Crippen MR) is 82.8 cm³/mol. The Morgan fingerprint density at radius 3 is 2.63 bits per heavy atom. The normalized spacial score (nSPS) is 17.4. The van der Waals surface area contributed by atoms with Crippen LogP contribution < -0.4 is 5.32 Å². The number of hydrogen-bond acceptors (Lipinski definition) is 1. The molecule has 0 spiro atoms. The first-order valence-corrected chi connectivity index (χ1v) is 8.10. The van der Waals surface area contributed by atoms with Crippen molar-refractivity contribution in [3.63, 3.8) is 0 Å². The van der Waals surface area contributed by atoms with Gasteiger partial charge in [0.1, 0.15) is 0 Å². The molecule has 1 fully saturated rings. The van der Waals surface area contributed by atoms with Crippen LogP contribution in [-0.4, -0.2) is 16.8 Å². The summed E-state index contributed by atoms with van der Waals surface area (Å²) < 4.78 is 0. The van der Waals surface area contributed by atoms with E-state index in [1.54, 1.807) is 0 Å². The number of carbonyl (C=O) groups excluding carboxylic acids is 1. The van der Waals surface area contributed by atoms with E-state index in [0.29, 0.717) is 6.42 Å². The summed E-state index contributed by atoms with van der Waals surface area (Å²) in [7, 11) is 0. The molecule has 0 saturated heterocycles. The standard InChI is InChI=1S/C16H22BrNO/c1-12-5-6-13(2)14(9-12)10-15(19)18-16(11-17)7-3-4-8-16/h5-6,9H,3-4,7-8,10-11H2,1-2H3,(H,18,19). The lowest BCUT2D eigenvalue weighted by molar-refractivity contribution is -0.122. The number of benzene rings is 1. The molecule has 0 heterocycles. The summed E-state index contributed by atoms with van der Waals surface area (Å²) in [6, 6.07) is 6.30. The fourth-order valence-electron chi connectivity index (χ4n) is 2.85. The van der Waals surface area contributed by atoms with Crippen molar-refractivity contribution in [2.45, 2.75) is 51.5 Å². The Morgan fingerprint density at radius 2 is 2.00 bits per heavy atom. The van der Waals surface area contributed by atoms with Gasteiger partial charge in [-0.3, -0.25) is 4.79 Å². The molecule has 2 nitrogen and oxygen atoms in total. The fraction of sp³-hybridized carbons (Fsp3) is 0.562. The van der Waals surface area contributed by atoms with Gasteiger partial charge in [0.15, 0.2) is 0 Å². The number of alkyl halides is 1. The highest BCUT2D eigenvalue weighted by Crippen LogP contribution is 2.31. The van der Waals surface area contributed by atoms with Gasteiger partial charge < -0.3 is 5.32 Å². The maximum absolute atomic E-state index is 12.3. The Morgan fingerprint density at radius 1 is 1.32 bits per heavy atom. The van der Waals surface area contributed by atoms with Crippen molar-refractivity contribution in [2.75, 3.05) is 5.33 Å². The highest BCUT2D eigenvalue weighted by Gasteiger charge is 2.34. The molecule has 1 aromatic carbocycles. The Labute approximate surface area is 124 Å². The minimum atomic E-state index is -0.00515. The summed E-state index contributed by atoms with van der Waals surface area (Å²) in [5, 5.41) is 4.11. The molecule has 1 amide bonds. The molecule has 1 saturated carbocycles. The van der Waals surface area contributed by atoms with Gasteiger partial charge in [-0.1, -0.05) is 52.5 Å². The lowest BCUT2D eigenvalue weighted by Gasteiger charge is -2.28. The number of hydrogen-bond donors (Lipinski definition) is 1. The number of amides is 1. The van der Waals surface area contributed by atoms with Gasteiger partial charge >= 0.3 is 0 Å². The van der Waals surface area contributed by atoms with Crippen LogP contribution >= 0.6 is 15.9 Å². The Hall–Kier alpha value is -0.830. The summed E-state index contributed by atoms with van der Waals surface area (Å²) in [6.07, 6.45) is 5.11. The summed E-state index contributed by atoms with van der Waals surface area (Å²) in [5.74, 6) is 0.148. The van der Waals surface area contributed by atoms with Gasteiger partial charge in [-0.05, 0) is 37.8 Å². The van der Waals surface area contributed by atoms with Gasteiger partial charge in [-0.15, -0.1) is 0 Å². The lowest BCUT2D eigenvalue weighted by atomic mass is 9.98. The lowest BCUT2D eigenvalue weighted by Crippen LogP contribution is -2.48. The van der Waals surface area contributed by atoms with Crippen LogP contribution in [0.4, 0.5) is 0 Å². The van der Waals surface area contributed by atoms with Crippen molar-refractivity contribution < 1.29 is 4.79 Å². The fourth-order valence-corrected chi connectivity index (χ4v) is 3.55. The molecule has 0 unspecified atom stereocenters. The second kappa shape index (κ2) is 6.08. The van der Waals surface area contributed by atoms with Crippen molar-refractivity contribution in [2.24, 2.45) is 0 Å². The van der Waals surface area contributed by atoms with Crippen LogP contribution in [0.1, 0.15) is 42.4 Å². The molecule has 0 aromatic heterocycles. The number of nitrogens with one attached hydrogen (secondary N) is 1. The molecule has 19 heavy (non-hydrogen) atoms. The molecule has 3 heteroatoms. The van der Waals surface area contributed by atoms with Crippen molar-refractivity contribution in [3.05, 3.63) is 34.9 Å². The number of aryl methyl sites for hydroxylation is 2. The van der Waals surface area contributed by atoms with E-state index in [0.717, 1.165) is 23.7 Å². The largest absolute Gasteiger partial charge is 0.350 e. The Kier molecular flexibility index (Phi) is 4.67. The average Bonchev–Trinajstić information content (AvgIpc) is 2.83. The van der Waals surface area contributed by atoms with E-state index < -0.39 is 0 Å². The molecular weight excluding hydrogens is 302 g/mol. The SMILES string of the molecule is Cc1ccc(C)c(CC(=O)NC2(CBr)CCCC2)c1. The van der Waals surface area contributed by atoms with E-state index in [1.165, 1.54) is 24.0 Å². The molecule has 2 rings (SSSR count). The van der Waals surface area contributed by atoms with E-state index in [2.05, 4.69) is 53.3 Å². The van der Waals surface area contributed by atoms with Gasteiger partial charge in [0, 0.05) is 10.9 Å². The van der Waals surface area contributed by atoms with Gasteiger partial charge in [0.2, 0.25) is 5.91 Å². The molecular formula is C16H22BrNO. The van der Waals surface area contributed by atoms with Crippen molar-refractivity contribution in [3.8, 4) is 0 Å². The van der Waals surface area contributed by atoms with Crippen molar-refractivity contribution in [1.29, 1.82) is 0 Å². The molecule has 1 aromatic rings. The monoisotopic (exact) mass is 323 g/mol. The quantitative estimate of drug-likeness (QED) is 0.841.